The van der Waals surface area contributed by atoms with Gasteiger partial charge in [0.05, 0.1) is 5.92 Å². The van der Waals surface area contributed by atoms with Crippen molar-refractivity contribution >= 4 is 23.2 Å². The van der Waals surface area contributed by atoms with E-state index in [4.69, 9.17) is 9.47 Å². The number of hydrogen-bond acceptors (Lipinski definition) is 5. The smallest absolute Gasteiger partial charge is 0.262 e. The van der Waals surface area contributed by atoms with Gasteiger partial charge in [-0.15, -0.1) is 0 Å². The molecule has 39 heavy (non-hydrogen) atoms. The first kappa shape index (κ1) is 26.9. The summed E-state index contributed by atoms with van der Waals surface area (Å²) in [7, 11) is 0. The summed E-state index contributed by atoms with van der Waals surface area (Å²) >= 11 is 0. The third-order valence-electron chi connectivity index (χ3n) is 7.84. The predicted molar refractivity (Wildman–Crippen MR) is 150 cm³/mol. The topological polar surface area (TPSA) is 81.7 Å². The second-order valence-corrected chi connectivity index (χ2v) is 12.8. The van der Waals surface area contributed by atoms with Gasteiger partial charge in [0.25, 0.3) is 5.91 Å². The van der Waals surface area contributed by atoms with E-state index in [1.54, 1.807) is 6.07 Å². The predicted octanol–water partition coefficient (Wildman–Crippen LogP) is 6.72. The fourth-order valence-corrected chi connectivity index (χ4v) is 6.04. The van der Waals surface area contributed by atoms with Gasteiger partial charge < -0.3 is 14.8 Å². The van der Waals surface area contributed by atoms with Gasteiger partial charge >= 0.3 is 0 Å². The highest BCUT2D eigenvalue weighted by Crippen LogP contribution is 2.54. The molecular weight excluding hydrogens is 490 g/mol. The van der Waals surface area contributed by atoms with Crippen LogP contribution in [-0.2, 0) is 19.1 Å². The monoisotopic (exact) mass is 527 g/mol. The minimum atomic E-state index is -0.575. The van der Waals surface area contributed by atoms with Gasteiger partial charge in [-0.1, -0.05) is 58.0 Å². The highest BCUT2D eigenvalue weighted by molar-refractivity contribution is 6.06. The maximum atomic E-state index is 13.6. The molecule has 6 heteroatoms. The van der Waals surface area contributed by atoms with Gasteiger partial charge in [-0.05, 0) is 47.9 Å². The Hall–Kier alpha value is -3.67. The Morgan fingerprint density at radius 1 is 0.897 bits per heavy atom. The molecule has 0 unspecified atom stereocenters. The molecule has 204 valence electrons. The van der Waals surface area contributed by atoms with Gasteiger partial charge in [0.2, 0.25) is 0 Å². The zero-order chi connectivity index (χ0) is 28.1. The molecule has 0 atom stereocenters. The van der Waals surface area contributed by atoms with Crippen molar-refractivity contribution in [3.05, 3.63) is 81.8 Å². The number of allylic oxidation sites excluding steroid dienone is 4. The van der Waals surface area contributed by atoms with Crippen molar-refractivity contribution in [2.45, 2.75) is 73.1 Å². The third-order valence-corrected chi connectivity index (χ3v) is 7.84. The fourth-order valence-electron chi connectivity index (χ4n) is 6.04. The van der Waals surface area contributed by atoms with Crippen LogP contribution in [0.5, 0.6) is 5.75 Å². The van der Waals surface area contributed by atoms with Crippen LogP contribution in [0.4, 0.5) is 5.69 Å². The maximum Gasteiger partial charge on any atom is 0.262 e. The summed E-state index contributed by atoms with van der Waals surface area (Å²) in [5.41, 5.74) is 4.12. The summed E-state index contributed by atoms with van der Waals surface area (Å²) in [6, 6.07) is 13.3. The van der Waals surface area contributed by atoms with Crippen molar-refractivity contribution in [2.24, 2.45) is 10.8 Å². The molecule has 0 spiro atoms. The molecule has 3 aliphatic rings. The zero-order valence-corrected chi connectivity index (χ0v) is 23.7. The first-order valence-electron chi connectivity index (χ1n) is 13.6. The second kappa shape index (κ2) is 9.82. The number of ether oxygens (including phenoxy) is 2. The Balaban J connectivity index is 1.50. The van der Waals surface area contributed by atoms with Crippen molar-refractivity contribution in [3.8, 4) is 5.75 Å². The number of benzene rings is 2. The maximum absolute atomic E-state index is 13.6. The molecule has 0 radical (unpaired) electrons. The lowest BCUT2D eigenvalue weighted by Gasteiger charge is -2.43. The second-order valence-electron chi connectivity index (χ2n) is 12.8. The first-order chi connectivity index (χ1) is 18.3. The molecule has 6 nitrogen and oxygen atoms in total. The molecule has 0 saturated carbocycles. The fraction of sp³-hybridized carbons (Fsp3) is 0.424. The summed E-state index contributed by atoms with van der Waals surface area (Å²) in [6.07, 6.45) is 2.01. The lowest BCUT2D eigenvalue weighted by Crippen LogP contribution is -2.37. The van der Waals surface area contributed by atoms with E-state index in [1.807, 2.05) is 50.2 Å². The van der Waals surface area contributed by atoms with Crippen LogP contribution in [0.1, 0.15) is 76.0 Å². The lowest BCUT2D eigenvalue weighted by molar-refractivity contribution is -0.121. The van der Waals surface area contributed by atoms with Crippen LogP contribution in [0.3, 0.4) is 0 Å². The minimum absolute atomic E-state index is 0.00194. The van der Waals surface area contributed by atoms with E-state index in [0.717, 1.165) is 16.8 Å². The highest BCUT2D eigenvalue weighted by Gasteiger charge is 2.48. The van der Waals surface area contributed by atoms with E-state index in [9.17, 15) is 14.4 Å². The van der Waals surface area contributed by atoms with Crippen molar-refractivity contribution in [3.63, 3.8) is 0 Å². The molecule has 0 bridgehead atoms. The Kier molecular flexibility index (Phi) is 6.78. The van der Waals surface area contributed by atoms with E-state index in [1.165, 1.54) is 0 Å². The van der Waals surface area contributed by atoms with E-state index in [2.05, 4.69) is 33.0 Å². The molecular formula is C33H37NO5. The standard InChI is InChI=1S/C33H37NO5/c1-19-11-12-20(2)22(13-19)34-28(37)18-38-25-10-8-7-9-21(25)29-30-23(35)14-32(3,4)16-26(30)39-27-17-33(5,6)15-24(36)31(27)29/h7-13,29H,14-18H2,1-6H3,(H,34,37). The number of carbonyl (C=O) groups excluding carboxylic acids is 3. The number of anilines is 1. The molecule has 0 saturated heterocycles. The average molecular weight is 528 g/mol. The Bertz CT molecular complexity index is 1390. The molecule has 2 aromatic rings. The molecule has 0 aromatic heterocycles. The first-order valence-corrected chi connectivity index (χ1v) is 13.6. The van der Waals surface area contributed by atoms with Crippen LogP contribution >= 0.6 is 0 Å². The van der Waals surface area contributed by atoms with E-state index in [0.29, 0.717) is 59.7 Å². The number of para-hydroxylation sites is 1. The third kappa shape index (κ3) is 5.42. The quantitative estimate of drug-likeness (QED) is 0.467. The number of amides is 1. The minimum Gasteiger partial charge on any atom is -0.483 e. The van der Waals surface area contributed by atoms with Crippen LogP contribution in [0, 0.1) is 24.7 Å². The number of nitrogens with one attached hydrogen (secondary N) is 1. The van der Waals surface area contributed by atoms with Gasteiger partial charge in [0.1, 0.15) is 17.3 Å². The summed E-state index contributed by atoms with van der Waals surface area (Å²) in [6.45, 7) is 12.0. The largest absolute Gasteiger partial charge is 0.483 e. The molecule has 2 aromatic carbocycles. The average Bonchev–Trinajstić information content (AvgIpc) is 2.82. The van der Waals surface area contributed by atoms with Gasteiger partial charge in [-0.2, -0.15) is 0 Å². The van der Waals surface area contributed by atoms with Crippen LogP contribution in [0.2, 0.25) is 0 Å². The van der Waals surface area contributed by atoms with Crippen molar-refractivity contribution in [1.82, 2.24) is 0 Å². The number of Topliss-reactive ketones (excluding diaryl/α,β-unsaturated/α-hetero) is 2. The number of ketones is 2. The summed E-state index contributed by atoms with van der Waals surface area (Å²) in [5.74, 6) is 0.941. The normalized spacial score (nSPS) is 20.3. The molecule has 1 amide bonds. The van der Waals surface area contributed by atoms with Gasteiger partial charge in [-0.3, -0.25) is 14.4 Å². The molecule has 0 fully saturated rings. The van der Waals surface area contributed by atoms with Gasteiger partial charge in [0.15, 0.2) is 18.2 Å². The van der Waals surface area contributed by atoms with Crippen LogP contribution in [0.25, 0.3) is 0 Å². The number of rotatable bonds is 5. The van der Waals surface area contributed by atoms with Gasteiger partial charge in [0, 0.05) is 48.1 Å². The summed E-state index contributed by atoms with van der Waals surface area (Å²) < 4.78 is 12.5. The van der Waals surface area contributed by atoms with Crippen LogP contribution < -0.4 is 10.1 Å². The van der Waals surface area contributed by atoms with Gasteiger partial charge in [-0.25, -0.2) is 0 Å². The highest BCUT2D eigenvalue weighted by atomic mass is 16.5. The Morgan fingerprint density at radius 2 is 1.49 bits per heavy atom. The number of aryl methyl sites for hydroxylation is 2. The summed E-state index contributed by atoms with van der Waals surface area (Å²) in [4.78, 5) is 40.1. The van der Waals surface area contributed by atoms with Crippen LogP contribution in [0.15, 0.2) is 65.1 Å². The molecule has 1 aliphatic heterocycles. The van der Waals surface area contributed by atoms with Crippen LogP contribution in [-0.4, -0.2) is 24.1 Å². The van der Waals surface area contributed by atoms with E-state index < -0.39 is 5.92 Å². The van der Waals surface area contributed by atoms with E-state index in [-0.39, 0.29) is 34.9 Å². The number of hydrogen-bond donors (Lipinski definition) is 1. The van der Waals surface area contributed by atoms with Crippen molar-refractivity contribution in [1.29, 1.82) is 0 Å². The lowest BCUT2D eigenvalue weighted by atomic mass is 9.65. The zero-order valence-electron chi connectivity index (χ0n) is 23.7. The SMILES string of the molecule is Cc1ccc(C)c(NC(=O)COc2ccccc2C2C3=C(CC(C)(C)CC3=O)OC3=C2C(=O)CC(C)(C)C3)c1. The van der Waals surface area contributed by atoms with E-state index >= 15 is 0 Å². The molecule has 1 heterocycles. The van der Waals surface area contributed by atoms with Crippen molar-refractivity contribution in [2.75, 3.05) is 11.9 Å². The van der Waals surface area contributed by atoms with Crippen molar-refractivity contribution < 1.29 is 23.9 Å². The molecule has 2 aliphatic carbocycles. The number of carbonyl (C=O) groups is 3. The Morgan fingerprint density at radius 3 is 2.10 bits per heavy atom. The molecule has 1 N–H and O–H groups in total. The summed E-state index contributed by atoms with van der Waals surface area (Å²) in [5, 5.41) is 2.93. The molecule has 5 rings (SSSR count). The Labute approximate surface area is 230 Å².